The zero-order valence-corrected chi connectivity index (χ0v) is 10.4. The van der Waals surface area contributed by atoms with Crippen LogP contribution in [0.3, 0.4) is 0 Å². The summed E-state index contributed by atoms with van der Waals surface area (Å²) in [5.41, 5.74) is 1.18. The van der Waals surface area contributed by atoms with E-state index in [2.05, 4.69) is 0 Å². The molecule has 0 amide bonds. The fourth-order valence-electron chi connectivity index (χ4n) is 0.940. The van der Waals surface area contributed by atoms with E-state index in [9.17, 15) is 4.79 Å². The van der Waals surface area contributed by atoms with E-state index in [1.165, 1.54) is 11.6 Å². The molecule has 0 aromatic heterocycles. The zero-order valence-electron chi connectivity index (χ0n) is 10.4. The van der Waals surface area contributed by atoms with Crippen molar-refractivity contribution in [2.24, 2.45) is 0 Å². The number of carbonyl (C=O) groups excluding carboxylic acids is 1. The molecule has 16 heavy (non-hydrogen) atoms. The summed E-state index contributed by atoms with van der Waals surface area (Å²) in [5.74, 6) is 0.131. The minimum absolute atomic E-state index is 0.367. The summed E-state index contributed by atoms with van der Waals surface area (Å²) < 4.78 is 10.1. The van der Waals surface area contributed by atoms with Gasteiger partial charge in [0.05, 0.1) is 19.3 Å². The fourth-order valence-corrected chi connectivity index (χ4v) is 0.940. The van der Waals surface area contributed by atoms with Gasteiger partial charge in [0.25, 0.3) is 0 Å². The molecule has 0 radical (unpaired) electrons. The van der Waals surface area contributed by atoms with Crippen molar-refractivity contribution in [2.45, 2.75) is 27.7 Å². The highest BCUT2D eigenvalue weighted by Gasteiger charge is 1.99. The van der Waals surface area contributed by atoms with E-state index in [0.29, 0.717) is 19.0 Å². The molecule has 0 saturated carbocycles. The van der Waals surface area contributed by atoms with Crippen molar-refractivity contribution >= 4 is 5.97 Å². The van der Waals surface area contributed by atoms with Crippen LogP contribution in [0.25, 0.3) is 0 Å². The molecule has 0 fully saturated rings. The largest absolute Gasteiger partial charge is 0.494 e. The van der Waals surface area contributed by atoms with Crippen molar-refractivity contribution in [3.8, 4) is 0 Å². The summed E-state index contributed by atoms with van der Waals surface area (Å²) >= 11 is 0. The van der Waals surface area contributed by atoms with Gasteiger partial charge in [-0.25, -0.2) is 4.79 Å². The highest BCUT2D eigenvalue weighted by molar-refractivity contribution is 5.82. The van der Waals surface area contributed by atoms with Crippen LogP contribution in [-0.4, -0.2) is 19.2 Å². The Hall–Kier alpha value is -1.51. The molecule has 0 aliphatic heterocycles. The molecular weight excluding hydrogens is 204 g/mol. The van der Waals surface area contributed by atoms with E-state index in [-0.39, 0.29) is 5.97 Å². The van der Waals surface area contributed by atoms with Crippen molar-refractivity contribution < 1.29 is 14.3 Å². The Morgan fingerprint density at radius 2 is 1.75 bits per heavy atom. The van der Waals surface area contributed by atoms with Gasteiger partial charge in [-0.3, -0.25) is 0 Å². The first kappa shape index (κ1) is 14.5. The number of hydrogen-bond donors (Lipinski definition) is 0. The molecule has 90 valence electrons. The molecule has 0 unspecified atom stereocenters. The van der Waals surface area contributed by atoms with Crippen molar-refractivity contribution in [3.63, 3.8) is 0 Å². The Labute approximate surface area is 97.4 Å². The van der Waals surface area contributed by atoms with Crippen LogP contribution in [0.1, 0.15) is 27.7 Å². The number of carbonyl (C=O) groups is 1. The molecule has 0 aliphatic carbocycles. The van der Waals surface area contributed by atoms with Gasteiger partial charge in [-0.2, -0.15) is 0 Å². The van der Waals surface area contributed by atoms with E-state index >= 15 is 0 Å². The third-order valence-corrected chi connectivity index (χ3v) is 1.55. The molecule has 0 rings (SSSR count). The first-order valence-corrected chi connectivity index (χ1v) is 5.43. The van der Waals surface area contributed by atoms with Gasteiger partial charge < -0.3 is 9.47 Å². The maximum atomic E-state index is 11.2. The number of ether oxygens (including phenoxy) is 2. The standard InChI is InChI=1S/C13H20O3/c1-5-15-12(9-7-8-11(3)4)10-13(14)16-6-2/h7-10H,5-6H2,1-4H3/b9-7+,12-10+. The molecule has 0 aliphatic rings. The number of esters is 1. The molecule has 0 N–H and O–H groups in total. The summed E-state index contributed by atoms with van der Waals surface area (Å²) in [7, 11) is 0. The van der Waals surface area contributed by atoms with E-state index in [1.807, 2.05) is 32.9 Å². The van der Waals surface area contributed by atoms with E-state index in [1.54, 1.807) is 13.0 Å². The van der Waals surface area contributed by atoms with Crippen LogP contribution in [-0.2, 0) is 14.3 Å². The van der Waals surface area contributed by atoms with Crippen LogP contribution in [0.15, 0.2) is 35.6 Å². The molecule has 0 aromatic rings. The van der Waals surface area contributed by atoms with Crippen LogP contribution >= 0.6 is 0 Å². The molecule has 3 nitrogen and oxygen atoms in total. The summed E-state index contributed by atoms with van der Waals surface area (Å²) in [5, 5.41) is 0. The predicted molar refractivity (Wildman–Crippen MR) is 64.9 cm³/mol. The quantitative estimate of drug-likeness (QED) is 0.301. The van der Waals surface area contributed by atoms with Crippen molar-refractivity contribution in [3.05, 3.63) is 35.6 Å². The minimum atomic E-state index is -0.382. The Morgan fingerprint density at radius 1 is 1.12 bits per heavy atom. The maximum Gasteiger partial charge on any atom is 0.334 e. The molecule has 0 atom stereocenters. The van der Waals surface area contributed by atoms with E-state index in [0.717, 1.165) is 0 Å². The second-order valence-electron chi connectivity index (χ2n) is 3.33. The average Bonchev–Trinajstić information content (AvgIpc) is 2.17. The van der Waals surface area contributed by atoms with Crippen molar-refractivity contribution in [2.75, 3.05) is 13.2 Å². The summed E-state index contributed by atoms with van der Waals surface area (Å²) in [6.45, 7) is 8.52. The smallest absolute Gasteiger partial charge is 0.334 e. The normalized spacial score (nSPS) is 11.4. The van der Waals surface area contributed by atoms with Crippen LogP contribution < -0.4 is 0 Å². The van der Waals surface area contributed by atoms with Crippen LogP contribution in [0.5, 0.6) is 0 Å². The molecule has 3 heteroatoms. The minimum Gasteiger partial charge on any atom is -0.494 e. The third kappa shape index (κ3) is 7.85. The van der Waals surface area contributed by atoms with E-state index < -0.39 is 0 Å². The van der Waals surface area contributed by atoms with Gasteiger partial charge in [-0.1, -0.05) is 17.7 Å². The van der Waals surface area contributed by atoms with Crippen molar-refractivity contribution in [1.29, 1.82) is 0 Å². The molecule has 0 saturated heterocycles. The predicted octanol–water partition coefficient (Wildman–Crippen LogP) is 2.99. The third-order valence-electron chi connectivity index (χ3n) is 1.55. The molecule has 0 heterocycles. The van der Waals surface area contributed by atoms with Crippen molar-refractivity contribution in [1.82, 2.24) is 0 Å². The fraction of sp³-hybridized carbons (Fsp3) is 0.462. The Morgan fingerprint density at radius 3 is 2.25 bits per heavy atom. The van der Waals surface area contributed by atoms with Gasteiger partial charge in [0, 0.05) is 0 Å². The molecular formula is C13H20O3. The SMILES string of the molecule is CCOC(=O)/C=C(\C=C\C=C(C)C)OCC. The van der Waals surface area contributed by atoms with Gasteiger partial charge in [0.1, 0.15) is 5.76 Å². The Bertz CT molecular complexity index is 294. The molecule has 0 aromatic carbocycles. The van der Waals surface area contributed by atoms with Gasteiger partial charge >= 0.3 is 5.97 Å². The van der Waals surface area contributed by atoms with Gasteiger partial charge in [-0.15, -0.1) is 0 Å². The van der Waals surface area contributed by atoms with Crippen LogP contribution in [0.2, 0.25) is 0 Å². The summed E-state index contributed by atoms with van der Waals surface area (Å²) in [6, 6.07) is 0. The van der Waals surface area contributed by atoms with Crippen LogP contribution in [0, 0.1) is 0 Å². The highest BCUT2D eigenvalue weighted by atomic mass is 16.5. The lowest BCUT2D eigenvalue weighted by atomic mass is 10.3. The highest BCUT2D eigenvalue weighted by Crippen LogP contribution is 2.02. The van der Waals surface area contributed by atoms with Gasteiger partial charge in [0.15, 0.2) is 0 Å². The van der Waals surface area contributed by atoms with Gasteiger partial charge in [0.2, 0.25) is 0 Å². The molecule has 0 bridgehead atoms. The zero-order chi connectivity index (χ0) is 12.4. The second-order valence-corrected chi connectivity index (χ2v) is 3.33. The maximum absolute atomic E-state index is 11.2. The first-order chi connectivity index (χ1) is 7.60. The second kappa shape index (κ2) is 8.77. The van der Waals surface area contributed by atoms with Crippen LogP contribution in [0.4, 0.5) is 0 Å². The lowest BCUT2D eigenvalue weighted by molar-refractivity contribution is -0.137. The number of hydrogen-bond acceptors (Lipinski definition) is 3. The summed E-state index contributed by atoms with van der Waals surface area (Å²) in [4.78, 5) is 11.2. The Kier molecular flexibility index (Phi) is 7.94. The Balaban J connectivity index is 4.53. The number of allylic oxidation sites excluding steroid dienone is 4. The topological polar surface area (TPSA) is 35.5 Å². The monoisotopic (exact) mass is 224 g/mol. The lowest BCUT2D eigenvalue weighted by Crippen LogP contribution is -2.02. The van der Waals surface area contributed by atoms with E-state index in [4.69, 9.17) is 9.47 Å². The lowest BCUT2D eigenvalue weighted by Gasteiger charge is -2.03. The number of rotatable bonds is 6. The first-order valence-electron chi connectivity index (χ1n) is 5.43. The molecule has 0 spiro atoms. The van der Waals surface area contributed by atoms with Gasteiger partial charge in [-0.05, 0) is 33.8 Å². The average molecular weight is 224 g/mol. The summed E-state index contributed by atoms with van der Waals surface area (Å²) in [6.07, 6.45) is 6.88.